The zero-order valence-electron chi connectivity index (χ0n) is 6.94. The van der Waals surface area contributed by atoms with Crippen molar-refractivity contribution in [2.75, 3.05) is 0 Å². The molecule has 0 spiro atoms. The molecule has 1 aromatic rings. The van der Waals surface area contributed by atoms with Crippen LogP contribution in [0.3, 0.4) is 0 Å². The Bertz CT molecular complexity index is 270. The minimum atomic E-state index is 0. The summed E-state index contributed by atoms with van der Waals surface area (Å²) in [6.07, 6.45) is 4.31. The molecule has 1 heterocycles. The number of halogens is 3. The first kappa shape index (κ1) is 13.0. The van der Waals surface area contributed by atoms with Crippen molar-refractivity contribution in [1.82, 2.24) is 9.78 Å². The van der Waals surface area contributed by atoms with Gasteiger partial charge >= 0.3 is 0 Å². The Morgan fingerprint density at radius 3 is 2.54 bits per heavy atom. The first-order chi connectivity index (χ1) is 5.31. The Hall–Kier alpha value is 0.0400. The van der Waals surface area contributed by atoms with Crippen LogP contribution < -0.4 is 5.73 Å². The van der Waals surface area contributed by atoms with Crippen LogP contribution in [0, 0.1) is 0 Å². The summed E-state index contributed by atoms with van der Waals surface area (Å²) in [4.78, 5) is 0. The van der Waals surface area contributed by atoms with E-state index < -0.39 is 0 Å². The van der Waals surface area contributed by atoms with E-state index in [2.05, 4.69) is 5.10 Å². The Morgan fingerprint density at radius 1 is 1.54 bits per heavy atom. The van der Waals surface area contributed by atoms with Crippen molar-refractivity contribution < 1.29 is 0 Å². The van der Waals surface area contributed by atoms with E-state index in [-0.39, 0.29) is 24.8 Å². The van der Waals surface area contributed by atoms with Crippen LogP contribution in [0.5, 0.6) is 0 Å². The molecule has 0 unspecified atom stereocenters. The molecule has 0 saturated heterocycles. The predicted octanol–water partition coefficient (Wildman–Crippen LogP) is 2.17. The van der Waals surface area contributed by atoms with Gasteiger partial charge in [-0.25, -0.2) is 0 Å². The van der Waals surface area contributed by atoms with Crippen LogP contribution in [-0.2, 0) is 6.54 Å². The number of hydrogen-bond donors (Lipinski definition) is 1. The highest BCUT2D eigenvalue weighted by Crippen LogP contribution is 2.35. The molecule has 2 rings (SSSR count). The first-order valence-corrected chi connectivity index (χ1v) is 4.12. The van der Waals surface area contributed by atoms with Gasteiger partial charge in [0.15, 0.2) is 0 Å². The van der Waals surface area contributed by atoms with E-state index in [4.69, 9.17) is 17.3 Å². The molecule has 0 aromatic carbocycles. The quantitative estimate of drug-likeness (QED) is 0.866. The number of rotatable bonds is 2. The normalized spacial score (nSPS) is 14.6. The summed E-state index contributed by atoms with van der Waals surface area (Å²) >= 11 is 5.85. The third-order valence-electron chi connectivity index (χ3n) is 1.87. The zero-order chi connectivity index (χ0) is 7.84. The van der Waals surface area contributed by atoms with Gasteiger partial charge in [0.2, 0.25) is 0 Å². The standard InChI is InChI=1S/C7H10ClN3.2ClH/c8-6-4-11(5-1-2-5)10-7(6)3-9;;/h4-5H,1-3,9H2;2*1H. The molecule has 6 heteroatoms. The summed E-state index contributed by atoms with van der Waals surface area (Å²) in [6.45, 7) is 0.429. The third-order valence-corrected chi connectivity index (χ3v) is 2.19. The molecule has 1 aliphatic carbocycles. The topological polar surface area (TPSA) is 43.8 Å². The van der Waals surface area contributed by atoms with Crippen molar-refractivity contribution >= 4 is 36.4 Å². The molecule has 2 N–H and O–H groups in total. The number of nitrogens with two attached hydrogens (primary N) is 1. The van der Waals surface area contributed by atoms with E-state index in [9.17, 15) is 0 Å². The maximum atomic E-state index is 5.85. The molecule has 0 amide bonds. The second-order valence-corrected chi connectivity index (χ2v) is 3.25. The van der Waals surface area contributed by atoms with E-state index in [1.54, 1.807) is 0 Å². The SMILES string of the molecule is Cl.Cl.NCc1nn(C2CC2)cc1Cl. The van der Waals surface area contributed by atoms with Crippen molar-refractivity contribution in [3.05, 3.63) is 16.9 Å². The number of hydrogen-bond acceptors (Lipinski definition) is 2. The lowest BCUT2D eigenvalue weighted by Gasteiger charge is -1.92. The lowest BCUT2D eigenvalue weighted by molar-refractivity contribution is 0.630. The molecule has 3 nitrogen and oxygen atoms in total. The van der Waals surface area contributed by atoms with Gasteiger partial charge in [-0.3, -0.25) is 4.68 Å². The Labute approximate surface area is 94.4 Å². The van der Waals surface area contributed by atoms with Gasteiger partial charge in [-0.15, -0.1) is 24.8 Å². The number of nitrogens with zero attached hydrogens (tertiary/aromatic N) is 2. The highest BCUT2D eigenvalue weighted by Gasteiger charge is 2.25. The molecule has 1 aliphatic rings. The fourth-order valence-corrected chi connectivity index (χ4v) is 1.29. The molecule has 0 aliphatic heterocycles. The minimum absolute atomic E-state index is 0. The largest absolute Gasteiger partial charge is 0.325 e. The first-order valence-electron chi connectivity index (χ1n) is 3.75. The smallest absolute Gasteiger partial charge is 0.0946 e. The highest BCUT2D eigenvalue weighted by molar-refractivity contribution is 6.31. The van der Waals surface area contributed by atoms with Crippen LogP contribution in [0.4, 0.5) is 0 Å². The monoisotopic (exact) mass is 243 g/mol. The van der Waals surface area contributed by atoms with Gasteiger partial charge in [0.1, 0.15) is 0 Å². The van der Waals surface area contributed by atoms with E-state index in [1.807, 2.05) is 10.9 Å². The van der Waals surface area contributed by atoms with Crippen LogP contribution in [0.15, 0.2) is 6.20 Å². The average molecular weight is 245 g/mol. The van der Waals surface area contributed by atoms with Crippen molar-refractivity contribution in [2.45, 2.75) is 25.4 Å². The van der Waals surface area contributed by atoms with Gasteiger partial charge in [-0.1, -0.05) is 11.6 Å². The van der Waals surface area contributed by atoms with Crippen LogP contribution in [0.1, 0.15) is 24.6 Å². The summed E-state index contributed by atoms with van der Waals surface area (Å²) in [7, 11) is 0. The lowest BCUT2D eigenvalue weighted by atomic mass is 10.4. The number of aromatic nitrogens is 2. The van der Waals surface area contributed by atoms with Crippen LogP contribution in [0.25, 0.3) is 0 Å². The molecule has 1 saturated carbocycles. The minimum Gasteiger partial charge on any atom is -0.325 e. The lowest BCUT2D eigenvalue weighted by Crippen LogP contribution is -2.00. The van der Waals surface area contributed by atoms with Gasteiger partial charge in [0.25, 0.3) is 0 Å². The van der Waals surface area contributed by atoms with E-state index >= 15 is 0 Å². The van der Waals surface area contributed by atoms with E-state index in [0.29, 0.717) is 17.6 Å². The summed E-state index contributed by atoms with van der Waals surface area (Å²) in [5.74, 6) is 0. The van der Waals surface area contributed by atoms with Gasteiger partial charge in [0, 0.05) is 12.7 Å². The molecular weight excluding hydrogens is 232 g/mol. The van der Waals surface area contributed by atoms with Crippen LogP contribution in [0.2, 0.25) is 5.02 Å². The van der Waals surface area contributed by atoms with Crippen LogP contribution >= 0.6 is 36.4 Å². The second kappa shape index (κ2) is 5.05. The van der Waals surface area contributed by atoms with Crippen molar-refractivity contribution in [3.8, 4) is 0 Å². The summed E-state index contributed by atoms with van der Waals surface area (Å²) in [5, 5.41) is 4.94. The molecule has 0 radical (unpaired) electrons. The predicted molar refractivity (Wildman–Crippen MR) is 57.9 cm³/mol. The molecule has 0 atom stereocenters. The Morgan fingerprint density at radius 2 is 2.15 bits per heavy atom. The average Bonchev–Trinajstić information content (AvgIpc) is 2.76. The molecule has 13 heavy (non-hydrogen) atoms. The summed E-state index contributed by atoms with van der Waals surface area (Å²) in [6, 6.07) is 0.591. The molecule has 1 aromatic heterocycles. The van der Waals surface area contributed by atoms with E-state index in [0.717, 1.165) is 5.69 Å². The molecular formula is C7H12Cl3N3. The molecule has 1 fully saturated rings. The van der Waals surface area contributed by atoms with Crippen LogP contribution in [-0.4, -0.2) is 9.78 Å². The van der Waals surface area contributed by atoms with Crippen molar-refractivity contribution in [1.29, 1.82) is 0 Å². The van der Waals surface area contributed by atoms with E-state index in [1.165, 1.54) is 12.8 Å². The second-order valence-electron chi connectivity index (χ2n) is 2.84. The van der Waals surface area contributed by atoms with Crippen molar-refractivity contribution in [2.24, 2.45) is 5.73 Å². The van der Waals surface area contributed by atoms with Gasteiger partial charge in [-0.05, 0) is 12.8 Å². The third kappa shape index (κ3) is 2.74. The van der Waals surface area contributed by atoms with Gasteiger partial charge in [-0.2, -0.15) is 5.10 Å². The summed E-state index contributed by atoms with van der Waals surface area (Å²) < 4.78 is 1.92. The van der Waals surface area contributed by atoms with Gasteiger partial charge < -0.3 is 5.73 Å². The van der Waals surface area contributed by atoms with Crippen molar-refractivity contribution in [3.63, 3.8) is 0 Å². The fourth-order valence-electron chi connectivity index (χ4n) is 1.07. The Balaban J connectivity index is 0.000000720. The Kier molecular flexibility index (Phi) is 5.07. The highest BCUT2D eigenvalue weighted by atomic mass is 35.5. The maximum absolute atomic E-state index is 5.85. The fraction of sp³-hybridized carbons (Fsp3) is 0.571. The zero-order valence-corrected chi connectivity index (χ0v) is 9.33. The maximum Gasteiger partial charge on any atom is 0.0946 e. The molecule has 0 bridgehead atoms. The van der Waals surface area contributed by atoms with Gasteiger partial charge in [0.05, 0.1) is 16.8 Å². The summed E-state index contributed by atoms with van der Waals surface area (Å²) in [5.41, 5.74) is 6.23. The molecule has 76 valence electrons.